The molecule has 2 rings (SSSR count). The molecule has 2 amide bonds. The van der Waals surface area contributed by atoms with Crippen molar-refractivity contribution in [2.24, 2.45) is 5.92 Å². The van der Waals surface area contributed by atoms with E-state index in [1.54, 1.807) is 0 Å². The van der Waals surface area contributed by atoms with Crippen molar-refractivity contribution >= 4 is 36.6 Å². The van der Waals surface area contributed by atoms with E-state index in [0.29, 0.717) is 13.1 Å². The Morgan fingerprint density at radius 2 is 1.86 bits per heavy atom. The van der Waals surface area contributed by atoms with Crippen LogP contribution in [0.25, 0.3) is 0 Å². The maximum Gasteiger partial charge on any atom is 0.234 e. The van der Waals surface area contributed by atoms with Crippen LogP contribution < -0.4 is 10.6 Å². The maximum absolute atomic E-state index is 12.4. The number of nitrogens with one attached hydrogen (secondary N) is 2. The second kappa shape index (κ2) is 11.0. The fourth-order valence-electron chi connectivity index (χ4n) is 2.90. The summed E-state index contributed by atoms with van der Waals surface area (Å²) in [6.07, 6.45) is 2.10. The van der Waals surface area contributed by atoms with Crippen LogP contribution in [0.5, 0.6) is 0 Å². The number of rotatable bonds is 4. The first-order valence-electron chi connectivity index (χ1n) is 7.69. The molecule has 0 aromatic heterocycles. The lowest BCUT2D eigenvalue weighted by molar-refractivity contribution is -0.138. The smallest absolute Gasteiger partial charge is 0.234 e. The van der Waals surface area contributed by atoms with Crippen LogP contribution in [0, 0.1) is 5.92 Å². The normalized spacial score (nSPS) is 22.2. The van der Waals surface area contributed by atoms with Crippen molar-refractivity contribution in [1.29, 1.82) is 0 Å². The number of nitrogens with zero attached hydrogens (tertiary/aromatic N) is 2. The zero-order valence-corrected chi connectivity index (χ0v) is 14.8. The third-order valence-electron chi connectivity index (χ3n) is 4.07. The molecule has 2 N–H and O–H groups in total. The second-order valence-electron chi connectivity index (χ2n) is 5.60. The van der Waals surface area contributed by atoms with Crippen LogP contribution in [0.1, 0.15) is 19.8 Å². The molecule has 0 aromatic rings. The molecule has 0 spiro atoms. The molecule has 130 valence electrons. The van der Waals surface area contributed by atoms with Gasteiger partial charge in [0.15, 0.2) is 0 Å². The molecular formula is C14H28Cl2N4O2. The van der Waals surface area contributed by atoms with Crippen LogP contribution in [0.15, 0.2) is 0 Å². The van der Waals surface area contributed by atoms with E-state index in [1.807, 2.05) is 11.8 Å². The highest BCUT2D eigenvalue weighted by atomic mass is 35.5. The highest BCUT2D eigenvalue weighted by Crippen LogP contribution is 2.14. The van der Waals surface area contributed by atoms with Crippen LogP contribution in [0.3, 0.4) is 0 Å². The molecule has 0 unspecified atom stereocenters. The van der Waals surface area contributed by atoms with Crippen LogP contribution in [-0.2, 0) is 9.59 Å². The van der Waals surface area contributed by atoms with Crippen LogP contribution in [-0.4, -0.2) is 74.0 Å². The molecule has 0 aliphatic carbocycles. The van der Waals surface area contributed by atoms with E-state index in [-0.39, 0.29) is 42.5 Å². The monoisotopic (exact) mass is 354 g/mol. The van der Waals surface area contributed by atoms with Crippen LogP contribution >= 0.6 is 24.8 Å². The molecule has 2 heterocycles. The van der Waals surface area contributed by atoms with E-state index in [0.717, 1.165) is 52.1 Å². The SMILES string of the molecule is CCNC(=O)CN1CCN(C(=O)[C@@H]2CCCNC2)CC1.Cl.Cl. The summed E-state index contributed by atoms with van der Waals surface area (Å²) in [6, 6.07) is 0. The predicted octanol–water partition coefficient (Wildman–Crippen LogP) is 0.110. The molecule has 1 atom stereocenters. The first-order chi connectivity index (χ1) is 9.70. The lowest BCUT2D eigenvalue weighted by Gasteiger charge is -2.36. The van der Waals surface area contributed by atoms with Gasteiger partial charge in [-0.2, -0.15) is 0 Å². The van der Waals surface area contributed by atoms with E-state index < -0.39 is 0 Å². The molecule has 0 saturated carbocycles. The number of amides is 2. The van der Waals surface area contributed by atoms with Gasteiger partial charge in [-0.15, -0.1) is 24.8 Å². The van der Waals surface area contributed by atoms with Crippen molar-refractivity contribution in [1.82, 2.24) is 20.4 Å². The van der Waals surface area contributed by atoms with E-state index in [9.17, 15) is 9.59 Å². The number of carbonyl (C=O) groups excluding carboxylic acids is 2. The van der Waals surface area contributed by atoms with Gasteiger partial charge in [-0.05, 0) is 26.3 Å². The van der Waals surface area contributed by atoms with Crippen molar-refractivity contribution in [3.63, 3.8) is 0 Å². The van der Waals surface area contributed by atoms with Gasteiger partial charge in [-0.3, -0.25) is 14.5 Å². The minimum atomic E-state index is 0. The molecule has 2 aliphatic heterocycles. The summed E-state index contributed by atoms with van der Waals surface area (Å²) in [6.45, 7) is 7.97. The summed E-state index contributed by atoms with van der Waals surface area (Å²) in [5.74, 6) is 0.511. The third-order valence-corrected chi connectivity index (χ3v) is 4.07. The number of likely N-dealkylation sites (N-methyl/N-ethyl adjacent to an activating group) is 1. The van der Waals surface area contributed by atoms with E-state index in [1.165, 1.54) is 0 Å². The zero-order chi connectivity index (χ0) is 14.4. The minimum Gasteiger partial charge on any atom is -0.355 e. The van der Waals surface area contributed by atoms with Crippen molar-refractivity contribution in [3.8, 4) is 0 Å². The zero-order valence-electron chi connectivity index (χ0n) is 13.2. The van der Waals surface area contributed by atoms with Gasteiger partial charge in [0, 0.05) is 39.3 Å². The molecule has 2 aliphatic rings. The Morgan fingerprint density at radius 3 is 2.41 bits per heavy atom. The lowest BCUT2D eigenvalue weighted by atomic mass is 9.98. The Kier molecular flexibility index (Phi) is 10.8. The van der Waals surface area contributed by atoms with Gasteiger partial charge in [0.1, 0.15) is 0 Å². The molecule has 0 radical (unpaired) electrons. The number of carbonyl (C=O) groups is 2. The molecule has 6 nitrogen and oxygen atoms in total. The van der Waals surface area contributed by atoms with Crippen molar-refractivity contribution in [2.75, 3.05) is 52.4 Å². The molecule has 8 heteroatoms. The predicted molar refractivity (Wildman–Crippen MR) is 91.8 cm³/mol. The molecule has 2 fully saturated rings. The second-order valence-corrected chi connectivity index (χ2v) is 5.60. The van der Waals surface area contributed by atoms with E-state index in [2.05, 4.69) is 15.5 Å². The van der Waals surface area contributed by atoms with Crippen LogP contribution in [0.4, 0.5) is 0 Å². The Labute approximate surface area is 145 Å². The quantitative estimate of drug-likeness (QED) is 0.752. The summed E-state index contributed by atoms with van der Waals surface area (Å²) in [5.41, 5.74) is 0. The lowest BCUT2D eigenvalue weighted by Crippen LogP contribution is -2.53. The highest BCUT2D eigenvalue weighted by molar-refractivity contribution is 5.85. The highest BCUT2D eigenvalue weighted by Gasteiger charge is 2.28. The number of halogens is 2. The van der Waals surface area contributed by atoms with Gasteiger partial charge in [0.2, 0.25) is 11.8 Å². The number of piperazine rings is 1. The largest absolute Gasteiger partial charge is 0.355 e. The molecule has 2 saturated heterocycles. The molecule has 22 heavy (non-hydrogen) atoms. The minimum absolute atomic E-state index is 0. The number of hydrogen-bond donors (Lipinski definition) is 2. The van der Waals surface area contributed by atoms with Crippen molar-refractivity contribution < 1.29 is 9.59 Å². The Hall–Kier alpha value is -0.560. The molecule has 0 aromatic carbocycles. The van der Waals surface area contributed by atoms with Gasteiger partial charge in [0.25, 0.3) is 0 Å². The summed E-state index contributed by atoms with van der Waals surface area (Å²) in [4.78, 5) is 28.0. The first-order valence-corrected chi connectivity index (χ1v) is 7.69. The van der Waals surface area contributed by atoms with Gasteiger partial charge >= 0.3 is 0 Å². The number of piperidine rings is 1. The molecular weight excluding hydrogens is 327 g/mol. The van der Waals surface area contributed by atoms with Gasteiger partial charge in [0.05, 0.1) is 12.5 Å². The Morgan fingerprint density at radius 1 is 1.18 bits per heavy atom. The summed E-state index contributed by atoms with van der Waals surface area (Å²) in [5, 5.41) is 6.10. The van der Waals surface area contributed by atoms with Crippen LogP contribution in [0.2, 0.25) is 0 Å². The average Bonchev–Trinajstić information content (AvgIpc) is 2.48. The fraction of sp³-hybridized carbons (Fsp3) is 0.857. The van der Waals surface area contributed by atoms with Gasteiger partial charge in [-0.25, -0.2) is 0 Å². The summed E-state index contributed by atoms with van der Waals surface area (Å²) >= 11 is 0. The van der Waals surface area contributed by atoms with Gasteiger partial charge < -0.3 is 15.5 Å². The average molecular weight is 355 g/mol. The fourth-order valence-corrected chi connectivity index (χ4v) is 2.90. The van der Waals surface area contributed by atoms with E-state index >= 15 is 0 Å². The topological polar surface area (TPSA) is 64.7 Å². The standard InChI is InChI=1S/C14H26N4O2.2ClH/c1-2-16-13(19)11-17-6-8-18(9-7-17)14(20)12-4-3-5-15-10-12;;/h12,15H,2-11H2,1H3,(H,16,19);2*1H/t12-;;/m1../s1. The first kappa shape index (κ1) is 21.4. The summed E-state index contributed by atoms with van der Waals surface area (Å²) in [7, 11) is 0. The Bertz CT molecular complexity index is 344. The molecule has 0 bridgehead atoms. The van der Waals surface area contributed by atoms with Crippen molar-refractivity contribution in [3.05, 3.63) is 0 Å². The van der Waals surface area contributed by atoms with E-state index in [4.69, 9.17) is 0 Å². The summed E-state index contributed by atoms with van der Waals surface area (Å²) < 4.78 is 0. The third kappa shape index (κ3) is 6.28. The Balaban J connectivity index is 0.00000220. The maximum atomic E-state index is 12.4. The van der Waals surface area contributed by atoms with Crippen molar-refractivity contribution in [2.45, 2.75) is 19.8 Å². The number of hydrogen-bond acceptors (Lipinski definition) is 4. The van der Waals surface area contributed by atoms with Gasteiger partial charge in [-0.1, -0.05) is 0 Å².